The Balaban J connectivity index is 0.00000169. The van der Waals surface area contributed by atoms with Crippen LogP contribution in [0, 0.1) is 17.0 Å². The standard InChI is InChI=1S/C18H14BrN2O3.BrH.H2O/c1-12-6-7-14(9-17(12)21(23)24)18(22)11-20-10-15(19)8-13-4-2-3-5-16(13)20;;/h2-10H,11H2,1H3;1H;1H2/q+1;;/p-1. The average molecular weight is 484 g/mol. The molecule has 0 bridgehead atoms. The van der Waals surface area contributed by atoms with Crippen molar-refractivity contribution in [1.82, 2.24) is 0 Å². The Morgan fingerprint density at radius 1 is 1.19 bits per heavy atom. The summed E-state index contributed by atoms with van der Waals surface area (Å²) in [5.74, 6) is -0.175. The van der Waals surface area contributed by atoms with Crippen LogP contribution in [-0.2, 0) is 6.54 Å². The summed E-state index contributed by atoms with van der Waals surface area (Å²) in [5, 5.41) is 12.1. The van der Waals surface area contributed by atoms with E-state index in [1.807, 2.05) is 41.1 Å². The summed E-state index contributed by atoms with van der Waals surface area (Å²) in [6, 6.07) is 14.3. The monoisotopic (exact) mass is 482 g/mol. The highest BCUT2D eigenvalue weighted by Crippen LogP contribution is 2.20. The number of fused-ring (bicyclic) bond motifs is 1. The van der Waals surface area contributed by atoms with Gasteiger partial charge in [0.05, 0.1) is 9.40 Å². The number of Topliss-reactive ketones (excluding diaryl/α,β-unsaturated/α-hetero) is 1. The van der Waals surface area contributed by atoms with Crippen LogP contribution in [0.2, 0.25) is 0 Å². The summed E-state index contributed by atoms with van der Waals surface area (Å²) in [4.78, 5) is 23.2. The normalized spacial score (nSPS) is 9.92. The molecule has 0 atom stereocenters. The number of ketones is 1. The molecule has 0 aliphatic heterocycles. The van der Waals surface area contributed by atoms with Crippen molar-refractivity contribution in [3.63, 3.8) is 0 Å². The van der Waals surface area contributed by atoms with E-state index in [-0.39, 0.29) is 40.5 Å². The number of carbonyl (C=O) groups is 1. The molecule has 0 unspecified atom stereocenters. The van der Waals surface area contributed by atoms with E-state index in [9.17, 15) is 14.9 Å². The maximum atomic E-state index is 12.6. The fraction of sp³-hybridized carbons (Fsp3) is 0.111. The number of nitro groups is 1. The van der Waals surface area contributed by atoms with Crippen LogP contribution in [0.25, 0.3) is 10.9 Å². The summed E-state index contributed by atoms with van der Waals surface area (Å²) in [5.41, 5.74) is 1.77. The lowest BCUT2D eigenvalue weighted by molar-refractivity contribution is -0.657. The van der Waals surface area contributed by atoms with Crippen molar-refractivity contribution in [3.05, 3.63) is 80.4 Å². The Morgan fingerprint density at radius 3 is 2.58 bits per heavy atom. The largest absolute Gasteiger partial charge is 1.00 e. The molecule has 0 saturated carbocycles. The molecule has 1 aromatic heterocycles. The molecule has 0 amide bonds. The van der Waals surface area contributed by atoms with Crippen molar-refractivity contribution >= 4 is 38.3 Å². The van der Waals surface area contributed by atoms with Gasteiger partial charge in [0.1, 0.15) is 0 Å². The van der Waals surface area contributed by atoms with Crippen LogP contribution in [0.3, 0.4) is 0 Å². The second kappa shape index (κ2) is 8.98. The number of nitro benzene ring substituents is 1. The van der Waals surface area contributed by atoms with Gasteiger partial charge in [-0.3, -0.25) is 14.9 Å². The summed E-state index contributed by atoms with van der Waals surface area (Å²) < 4.78 is 2.71. The van der Waals surface area contributed by atoms with E-state index in [1.165, 1.54) is 6.07 Å². The number of aryl methyl sites for hydroxylation is 1. The van der Waals surface area contributed by atoms with Gasteiger partial charge in [0.25, 0.3) is 5.69 Å². The van der Waals surface area contributed by atoms with Gasteiger partial charge in [-0.1, -0.05) is 24.3 Å². The number of para-hydroxylation sites is 1. The minimum Gasteiger partial charge on any atom is -1.00 e. The third-order valence-electron chi connectivity index (χ3n) is 3.86. The lowest BCUT2D eigenvalue weighted by Gasteiger charge is -2.04. The first kappa shape index (κ1) is 21.9. The van der Waals surface area contributed by atoms with E-state index in [4.69, 9.17) is 0 Å². The fourth-order valence-electron chi connectivity index (χ4n) is 2.63. The highest BCUT2D eigenvalue weighted by atomic mass is 79.9. The maximum Gasteiger partial charge on any atom is 0.273 e. The van der Waals surface area contributed by atoms with Crippen molar-refractivity contribution < 1.29 is 36.7 Å². The van der Waals surface area contributed by atoms with E-state index < -0.39 is 4.92 Å². The van der Waals surface area contributed by atoms with Crippen molar-refractivity contribution in [2.75, 3.05) is 0 Å². The molecule has 0 saturated heterocycles. The van der Waals surface area contributed by atoms with E-state index in [2.05, 4.69) is 15.9 Å². The molecule has 0 aliphatic rings. The minimum absolute atomic E-state index is 0. The Labute approximate surface area is 168 Å². The third-order valence-corrected chi connectivity index (χ3v) is 4.29. The van der Waals surface area contributed by atoms with Gasteiger partial charge in [-0.05, 0) is 35.0 Å². The van der Waals surface area contributed by atoms with Gasteiger partial charge < -0.3 is 22.5 Å². The molecule has 0 fully saturated rings. The Morgan fingerprint density at radius 2 is 1.88 bits per heavy atom. The quantitative estimate of drug-likeness (QED) is 0.229. The molecular formula is C18H16Br2N2O4. The Hall–Kier alpha value is -2.16. The Kier molecular flexibility index (Phi) is 7.55. The van der Waals surface area contributed by atoms with Crippen molar-refractivity contribution in [2.24, 2.45) is 0 Å². The van der Waals surface area contributed by atoms with Crippen LogP contribution in [0.4, 0.5) is 5.69 Å². The lowest BCUT2D eigenvalue weighted by atomic mass is 10.1. The van der Waals surface area contributed by atoms with Crippen molar-refractivity contribution in [3.8, 4) is 0 Å². The molecule has 2 aromatic carbocycles. The summed E-state index contributed by atoms with van der Waals surface area (Å²) in [6.07, 6.45) is 1.84. The third kappa shape index (κ3) is 4.51. The zero-order valence-corrected chi connectivity index (χ0v) is 17.0. The highest BCUT2D eigenvalue weighted by molar-refractivity contribution is 9.10. The molecule has 0 spiro atoms. The number of aromatic nitrogens is 1. The number of pyridine rings is 1. The van der Waals surface area contributed by atoms with Gasteiger partial charge in [0.15, 0.2) is 6.20 Å². The average Bonchev–Trinajstić information content (AvgIpc) is 2.54. The highest BCUT2D eigenvalue weighted by Gasteiger charge is 2.19. The number of rotatable bonds is 4. The number of benzene rings is 2. The second-order valence-corrected chi connectivity index (χ2v) is 6.44. The molecule has 3 aromatic rings. The van der Waals surface area contributed by atoms with Crippen LogP contribution < -0.4 is 21.5 Å². The number of hydrogen-bond acceptors (Lipinski definition) is 3. The van der Waals surface area contributed by atoms with Gasteiger partial charge >= 0.3 is 0 Å². The van der Waals surface area contributed by atoms with E-state index in [0.717, 1.165) is 15.4 Å². The predicted molar refractivity (Wildman–Crippen MR) is 97.6 cm³/mol. The molecular weight excluding hydrogens is 468 g/mol. The first-order chi connectivity index (χ1) is 11.5. The summed E-state index contributed by atoms with van der Waals surface area (Å²) in [6.45, 7) is 1.77. The van der Waals surface area contributed by atoms with Gasteiger partial charge in [-0.2, -0.15) is 4.57 Å². The second-order valence-electron chi connectivity index (χ2n) is 5.53. The van der Waals surface area contributed by atoms with Gasteiger partial charge in [-0.25, -0.2) is 0 Å². The SMILES string of the molecule is Cc1ccc(C(=O)C[n+]2cc(Br)cc3ccccc32)cc1[N+](=O)[O-].O.[Br-]. The topological polar surface area (TPSA) is 95.6 Å². The van der Waals surface area contributed by atoms with E-state index >= 15 is 0 Å². The van der Waals surface area contributed by atoms with Crippen molar-refractivity contribution in [2.45, 2.75) is 13.5 Å². The van der Waals surface area contributed by atoms with Crippen LogP contribution in [0.5, 0.6) is 0 Å². The molecule has 26 heavy (non-hydrogen) atoms. The molecule has 1 heterocycles. The van der Waals surface area contributed by atoms with E-state index in [1.54, 1.807) is 19.1 Å². The number of carbonyl (C=O) groups excluding carboxylic acids is 1. The van der Waals surface area contributed by atoms with Gasteiger partial charge in [0.2, 0.25) is 17.8 Å². The zero-order chi connectivity index (χ0) is 17.3. The molecule has 0 aliphatic carbocycles. The zero-order valence-electron chi connectivity index (χ0n) is 13.8. The van der Waals surface area contributed by atoms with Crippen LogP contribution in [-0.4, -0.2) is 16.2 Å². The number of nitrogens with zero attached hydrogens (tertiary/aromatic N) is 2. The maximum absolute atomic E-state index is 12.6. The molecule has 2 N–H and O–H groups in total. The van der Waals surface area contributed by atoms with Gasteiger partial charge in [-0.15, -0.1) is 0 Å². The van der Waals surface area contributed by atoms with Crippen molar-refractivity contribution in [1.29, 1.82) is 0 Å². The van der Waals surface area contributed by atoms with Crippen LogP contribution in [0.1, 0.15) is 15.9 Å². The van der Waals surface area contributed by atoms with Crippen LogP contribution in [0.15, 0.2) is 59.2 Å². The number of hydrogen-bond donors (Lipinski definition) is 0. The smallest absolute Gasteiger partial charge is 0.273 e. The fourth-order valence-corrected chi connectivity index (χ4v) is 3.13. The van der Waals surface area contributed by atoms with Gasteiger partial charge in [0, 0.05) is 28.6 Å². The molecule has 0 radical (unpaired) electrons. The first-order valence-corrected chi connectivity index (χ1v) is 8.11. The lowest BCUT2D eigenvalue weighted by Crippen LogP contribution is -3.00. The molecule has 3 rings (SSSR count). The van der Waals surface area contributed by atoms with E-state index in [0.29, 0.717) is 11.1 Å². The minimum atomic E-state index is -0.465. The summed E-state index contributed by atoms with van der Waals surface area (Å²) >= 11 is 3.45. The summed E-state index contributed by atoms with van der Waals surface area (Å²) in [7, 11) is 0. The molecule has 136 valence electrons. The predicted octanol–water partition coefficient (Wildman–Crippen LogP) is 0.169. The molecule has 8 heteroatoms. The number of halogens is 2. The first-order valence-electron chi connectivity index (χ1n) is 7.31. The molecule has 6 nitrogen and oxygen atoms in total. The Bertz CT molecular complexity index is 977. The van der Waals surface area contributed by atoms with Crippen LogP contribution >= 0.6 is 15.9 Å².